The predicted octanol–water partition coefficient (Wildman–Crippen LogP) is 1.76. The standard InChI is InChI=1S/C11H22N2/c1-4-9(2)13-10(3)6-5-7-11(13)8-12/h4,9-11H,1,5-8,12H2,2-3H3. The van der Waals surface area contributed by atoms with Gasteiger partial charge in [-0.05, 0) is 26.7 Å². The van der Waals surface area contributed by atoms with Crippen LogP contribution in [0.25, 0.3) is 0 Å². The van der Waals surface area contributed by atoms with Crippen molar-refractivity contribution in [2.45, 2.75) is 51.2 Å². The number of nitrogens with two attached hydrogens (primary N) is 1. The van der Waals surface area contributed by atoms with Gasteiger partial charge in [-0.25, -0.2) is 0 Å². The average Bonchev–Trinajstić information content (AvgIpc) is 2.16. The maximum Gasteiger partial charge on any atom is 0.0253 e. The van der Waals surface area contributed by atoms with Gasteiger partial charge in [-0.15, -0.1) is 6.58 Å². The molecule has 0 aliphatic carbocycles. The van der Waals surface area contributed by atoms with Gasteiger partial charge in [0.15, 0.2) is 0 Å². The molecule has 1 saturated heterocycles. The first-order valence-electron chi connectivity index (χ1n) is 5.30. The van der Waals surface area contributed by atoms with Gasteiger partial charge >= 0.3 is 0 Å². The molecule has 0 aromatic carbocycles. The molecule has 1 rings (SSSR count). The van der Waals surface area contributed by atoms with E-state index >= 15 is 0 Å². The van der Waals surface area contributed by atoms with E-state index in [1.165, 1.54) is 19.3 Å². The third kappa shape index (κ3) is 2.32. The Labute approximate surface area is 81.8 Å². The molecule has 0 bridgehead atoms. The highest BCUT2D eigenvalue weighted by molar-refractivity contribution is 4.93. The molecule has 1 fully saturated rings. The zero-order valence-corrected chi connectivity index (χ0v) is 8.87. The van der Waals surface area contributed by atoms with Gasteiger partial charge in [0.1, 0.15) is 0 Å². The topological polar surface area (TPSA) is 29.3 Å². The van der Waals surface area contributed by atoms with Crippen LogP contribution in [0, 0.1) is 0 Å². The highest BCUT2D eigenvalue weighted by Gasteiger charge is 2.28. The molecule has 1 heterocycles. The Bertz CT molecular complexity index is 167. The lowest BCUT2D eigenvalue weighted by molar-refractivity contribution is 0.0763. The van der Waals surface area contributed by atoms with Crippen molar-refractivity contribution in [3.63, 3.8) is 0 Å². The van der Waals surface area contributed by atoms with E-state index in [0.29, 0.717) is 18.1 Å². The summed E-state index contributed by atoms with van der Waals surface area (Å²) in [7, 11) is 0. The predicted molar refractivity (Wildman–Crippen MR) is 57.7 cm³/mol. The fourth-order valence-corrected chi connectivity index (χ4v) is 2.40. The summed E-state index contributed by atoms with van der Waals surface area (Å²) in [5.41, 5.74) is 5.77. The SMILES string of the molecule is C=CC(C)N1C(C)CCCC1CN. The van der Waals surface area contributed by atoms with Gasteiger partial charge in [-0.1, -0.05) is 12.5 Å². The van der Waals surface area contributed by atoms with E-state index in [9.17, 15) is 0 Å². The number of piperidine rings is 1. The van der Waals surface area contributed by atoms with Crippen LogP contribution in [0.2, 0.25) is 0 Å². The molecule has 13 heavy (non-hydrogen) atoms. The highest BCUT2D eigenvalue weighted by atomic mass is 15.2. The van der Waals surface area contributed by atoms with E-state index in [1.54, 1.807) is 0 Å². The Morgan fingerprint density at radius 1 is 1.62 bits per heavy atom. The zero-order chi connectivity index (χ0) is 9.84. The summed E-state index contributed by atoms with van der Waals surface area (Å²) in [4.78, 5) is 2.51. The second-order valence-electron chi connectivity index (χ2n) is 4.09. The molecule has 2 heteroatoms. The smallest absolute Gasteiger partial charge is 0.0253 e. The van der Waals surface area contributed by atoms with E-state index < -0.39 is 0 Å². The molecular formula is C11H22N2. The van der Waals surface area contributed by atoms with Crippen molar-refractivity contribution in [3.8, 4) is 0 Å². The van der Waals surface area contributed by atoms with Crippen LogP contribution in [0.4, 0.5) is 0 Å². The van der Waals surface area contributed by atoms with Crippen LogP contribution in [0.1, 0.15) is 33.1 Å². The Morgan fingerprint density at radius 2 is 2.31 bits per heavy atom. The van der Waals surface area contributed by atoms with Crippen molar-refractivity contribution in [3.05, 3.63) is 12.7 Å². The first-order chi connectivity index (χ1) is 6.20. The molecular weight excluding hydrogens is 160 g/mol. The normalized spacial score (nSPS) is 32.8. The lowest BCUT2D eigenvalue weighted by atomic mass is 9.94. The van der Waals surface area contributed by atoms with E-state index in [0.717, 1.165) is 6.54 Å². The molecule has 2 N–H and O–H groups in total. The number of rotatable bonds is 3. The fraction of sp³-hybridized carbons (Fsp3) is 0.818. The molecule has 0 spiro atoms. The maximum atomic E-state index is 5.77. The number of hydrogen-bond acceptors (Lipinski definition) is 2. The average molecular weight is 182 g/mol. The van der Waals surface area contributed by atoms with Crippen LogP contribution >= 0.6 is 0 Å². The van der Waals surface area contributed by atoms with Crippen LogP contribution in [0.3, 0.4) is 0 Å². The van der Waals surface area contributed by atoms with Gasteiger partial charge in [-0.3, -0.25) is 4.90 Å². The molecule has 0 amide bonds. The van der Waals surface area contributed by atoms with Crippen molar-refractivity contribution < 1.29 is 0 Å². The molecule has 0 aromatic heterocycles. The van der Waals surface area contributed by atoms with Gasteiger partial charge in [-0.2, -0.15) is 0 Å². The Hall–Kier alpha value is -0.340. The second kappa shape index (κ2) is 4.77. The van der Waals surface area contributed by atoms with Crippen LogP contribution in [-0.2, 0) is 0 Å². The number of likely N-dealkylation sites (tertiary alicyclic amines) is 1. The minimum Gasteiger partial charge on any atom is -0.329 e. The summed E-state index contributed by atoms with van der Waals surface area (Å²) < 4.78 is 0. The van der Waals surface area contributed by atoms with Crippen molar-refractivity contribution in [2.24, 2.45) is 5.73 Å². The molecule has 0 aromatic rings. The molecule has 3 atom stereocenters. The minimum atomic E-state index is 0.462. The first kappa shape index (κ1) is 10.7. The molecule has 1 aliphatic rings. The largest absolute Gasteiger partial charge is 0.329 e. The van der Waals surface area contributed by atoms with Gasteiger partial charge in [0.05, 0.1) is 0 Å². The summed E-state index contributed by atoms with van der Waals surface area (Å²) >= 11 is 0. The summed E-state index contributed by atoms with van der Waals surface area (Å²) in [5.74, 6) is 0. The maximum absolute atomic E-state index is 5.77. The van der Waals surface area contributed by atoms with Crippen LogP contribution < -0.4 is 5.73 Å². The number of hydrogen-bond donors (Lipinski definition) is 1. The monoisotopic (exact) mass is 182 g/mol. The lowest BCUT2D eigenvalue weighted by Crippen LogP contribution is -2.52. The summed E-state index contributed by atoms with van der Waals surface area (Å²) in [6.45, 7) is 9.14. The quantitative estimate of drug-likeness (QED) is 0.674. The van der Waals surface area contributed by atoms with Crippen molar-refractivity contribution in [1.82, 2.24) is 4.90 Å². The Kier molecular flexibility index (Phi) is 3.94. The Balaban J connectivity index is 2.66. The van der Waals surface area contributed by atoms with E-state index in [1.807, 2.05) is 6.08 Å². The third-order valence-electron chi connectivity index (χ3n) is 3.17. The molecule has 2 nitrogen and oxygen atoms in total. The fourth-order valence-electron chi connectivity index (χ4n) is 2.40. The van der Waals surface area contributed by atoms with Crippen molar-refractivity contribution >= 4 is 0 Å². The lowest BCUT2D eigenvalue weighted by Gasteiger charge is -2.43. The summed E-state index contributed by atoms with van der Waals surface area (Å²) in [6.07, 6.45) is 5.89. The summed E-state index contributed by atoms with van der Waals surface area (Å²) in [5, 5.41) is 0. The van der Waals surface area contributed by atoms with Gasteiger partial charge in [0, 0.05) is 24.7 Å². The number of nitrogens with zero attached hydrogens (tertiary/aromatic N) is 1. The zero-order valence-electron chi connectivity index (χ0n) is 8.87. The summed E-state index contributed by atoms with van der Waals surface area (Å²) in [6, 6.07) is 1.69. The third-order valence-corrected chi connectivity index (χ3v) is 3.17. The van der Waals surface area contributed by atoms with Crippen molar-refractivity contribution in [1.29, 1.82) is 0 Å². The van der Waals surface area contributed by atoms with Gasteiger partial charge in [0.25, 0.3) is 0 Å². The van der Waals surface area contributed by atoms with Crippen LogP contribution in [-0.4, -0.2) is 29.6 Å². The molecule has 3 unspecified atom stereocenters. The highest BCUT2D eigenvalue weighted by Crippen LogP contribution is 2.24. The van der Waals surface area contributed by atoms with Crippen LogP contribution in [0.5, 0.6) is 0 Å². The molecule has 0 saturated carbocycles. The molecule has 76 valence electrons. The van der Waals surface area contributed by atoms with E-state index in [2.05, 4.69) is 25.3 Å². The molecule has 0 radical (unpaired) electrons. The first-order valence-corrected chi connectivity index (χ1v) is 5.30. The van der Waals surface area contributed by atoms with Gasteiger partial charge in [0.2, 0.25) is 0 Å². The van der Waals surface area contributed by atoms with Crippen molar-refractivity contribution in [2.75, 3.05) is 6.54 Å². The Morgan fingerprint density at radius 3 is 2.85 bits per heavy atom. The molecule has 1 aliphatic heterocycles. The second-order valence-corrected chi connectivity index (χ2v) is 4.09. The van der Waals surface area contributed by atoms with Gasteiger partial charge < -0.3 is 5.73 Å². The van der Waals surface area contributed by atoms with E-state index in [4.69, 9.17) is 5.73 Å². The van der Waals surface area contributed by atoms with Crippen LogP contribution in [0.15, 0.2) is 12.7 Å². The minimum absolute atomic E-state index is 0.462. The van der Waals surface area contributed by atoms with E-state index in [-0.39, 0.29) is 0 Å².